The van der Waals surface area contributed by atoms with Crippen molar-refractivity contribution in [2.24, 2.45) is 0 Å². The van der Waals surface area contributed by atoms with Gasteiger partial charge in [-0.1, -0.05) is 17.3 Å². The summed E-state index contributed by atoms with van der Waals surface area (Å²) in [6.07, 6.45) is 1.32. The zero-order valence-corrected chi connectivity index (χ0v) is 17.9. The van der Waals surface area contributed by atoms with Gasteiger partial charge in [-0.25, -0.2) is 13.4 Å². The summed E-state index contributed by atoms with van der Waals surface area (Å²) in [5, 5.41) is 4.36. The average molecular weight is 432 g/mol. The summed E-state index contributed by atoms with van der Waals surface area (Å²) in [5.41, 5.74) is 0.937. The normalized spacial score (nSPS) is 16.7. The fourth-order valence-corrected chi connectivity index (χ4v) is 5.66. The van der Waals surface area contributed by atoms with Crippen LogP contribution in [0.5, 0.6) is 0 Å². The second-order valence-electron chi connectivity index (χ2n) is 7.53. The summed E-state index contributed by atoms with van der Waals surface area (Å²) in [7, 11) is -3.63. The van der Waals surface area contributed by atoms with Crippen LogP contribution in [0.2, 0.25) is 0 Å². The average Bonchev–Trinajstić information content (AvgIpc) is 2.91. The molecule has 10 heteroatoms. The van der Waals surface area contributed by atoms with Gasteiger partial charge in [-0.2, -0.15) is 4.31 Å². The van der Waals surface area contributed by atoms with Crippen LogP contribution in [-0.4, -0.2) is 65.5 Å². The Kier molecular flexibility index (Phi) is 5.72. The molecule has 30 heavy (non-hydrogen) atoms. The Morgan fingerprint density at radius 1 is 1.13 bits per heavy atom. The number of rotatable bonds is 5. The number of aromatic amines is 1. The fraction of sp³-hybridized carbons (Fsp3) is 0.450. The van der Waals surface area contributed by atoms with Crippen molar-refractivity contribution in [2.45, 2.75) is 31.6 Å². The van der Waals surface area contributed by atoms with Gasteiger partial charge in [0.1, 0.15) is 16.4 Å². The van der Waals surface area contributed by atoms with E-state index in [-0.39, 0.29) is 10.5 Å². The van der Waals surface area contributed by atoms with Crippen molar-refractivity contribution in [3.63, 3.8) is 0 Å². The molecule has 1 aliphatic heterocycles. The smallest absolute Gasteiger partial charge is 0.258 e. The largest absolute Gasteiger partial charge is 0.360 e. The summed E-state index contributed by atoms with van der Waals surface area (Å²) in [4.78, 5) is 22.0. The molecule has 9 nitrogen and oxygen atoms in total. The predicted octanol–water partition coefficient (Wildman–Crippen LogP) is 1.47. The summed E-state index contributed by atoms with van der Waals surface area (Å²) in [5.74, 6) is 0.961. The molecule has 1 N–H and O–H groups in total. The number of para-hydroxylation sites is 1. The molecule has 0 amide bonds. The Morgan fingerprint density at radius 3 is 2.70 bits per heavy atom. The van der Waals surface area contributed by atoms with Crippen molar-refractivity contribution in [2.75, 3.05) is 32.7 Å². The van der Waals surface area contributed by atoms with Crippen molar-refractivity contribution < 1.29 is 12.9 Å². The van der Waals surface area contributed by atoms with Gasteiger partial charge in [-0.05, 0) is 38.9 Å². The van der Waals surface area contributed by atoms with Gasteiger partial charge in [0.25, 0.3) is 5.56 Å². The van der Waals surface area contributed by atoms with E-state index < -0.39 is 10.0 Å². The van der Waals surface area contributed by atoms with Crippen LogP contribution < -0.4 is 5.56 Å². The van der Waals surface area contributed by atoms with Gasteiger partial charge >= 0.3 is 0 Å². The van der Waals surface area contributed by atoms with E-state index >= 15 is 0 Å². The molecule has 0 spiro atoms. The van der Waals surface area contributed by atoms with E-state index in [1.165, 1.54) is 4.31 Å². The molecule has 2 aromatic heterocycles. The highest BCUT2D eigenvalue weighted by Gasteiger charge is 2.32. The van der Waals surface area contributed by atoms with Crippen LogP contribution in [0.15, 0.2) is 38.5 Å². The highest BCUT2D eigenvalue weighted by atomic mass is 32.2. The lowest BCUT2D eigenvalue weighted by atomic mass is 10.2. The molecule has 1 aliphatic rings. The van der Waals surface area contributed by atoms with E-state index in [0.29, 0.717) is 60.8 Å². The number of aryl methyl sites for hydroxylation is 2. The van der Waals surface area contributed by atoms with Crippen LogP contribution >= 0.6 is 0 Å². The first-order valence-electron chi connectivity index (χ1n) is 9.99. The van der Waals surface area contributed by atoms with Crippen LogP contribution in [-0.2, 0) is 16.4 Å². The maximum absolute atomic E-state index is 13.0. The molecule has 0 atom stereocenters. The molecule has 1 fully saturated rings. The van der Waals surface area contributed by atoms with Crippen LogP contribution in [0.3, 0.4) is 0 Å². The molecule has 0 saturated carbocycles. The quantitative estimate of drug-likeness (QED) is 0.651. The van der Waals surface area contributed by atoms with Gasteiger partial charge in [0.15, 0.2) is 5.76 Å². The van der Waals surface area contributed by atoms with E-state index in [0.717, 1.165) is 13.0 Å². The molecule has 1 saturated heterocycles. The molecule has 0 radical (unpaired) electrons. The highest BCUT2D eigenvalue weighted by Crippen LogP contribution is 2.24. The first-order chi connectivity index (χ1) is 14.4. The topological polar surface area (TPSA) is 112 Å². The van der Waals surface area contributed by atoms with E-state index in [9.17, 15) is 13.2 Å². The Balaban J connectivity index is 1.42. The number of fused-ring (bicyclic) bond motifs is 1. The summed E-state index contributed by atoms with van der Waals surface area (Å²) >= 11 is 0. The van der Waals surface area contributed by atoms with Gasteiger partial charge in [-0.15, -0.1) is 0 Å². The second-order valence-corrected chi connectivity index (χ2v) is 9.41. The minimum atomic E-state index is -3.63. The molecule has 1 aromatic carbocycles. The predicted molar refractivity (Wildman–Crippen MR) is 112 cm³/mol. The third-order valence-electron chi connectivity index (χ3n) is 5.44. The van der Waals surface area contributed by atoms with Crippen LogP contribution in [0, 0.1) is 13.8 Å². The molecule has 3 aromatic rings. The van der Waals surface area contributed by atoms with Crippen molar-refractivity contribution in [1.29, 1.82) is 0 Å². The van der Waals surface area contributed by atoms with Crippen molar-refractivity contribution in [1.82, 2.24) is 24.3 Å². The number of H-pyrrole nitrogens is 1. The minimum Gasteiger partial charge on any atom is -0.360 e. The first kappa shape index (κ1) is 20.7. The van der Waals surface area contributed by atoms with Crippen LogP contribution in [0.25, 0.3) is 10.9 Å². The van der Waals surface area contributed by atoms with Gasteiger partial charge in [0, 0.05) is 32.6 Å². The number of hydrogen-bond donors (Lipinski definition) is 1. The number of hydrogen-bond acceptors (Lipinski definition) is 7. The summed E-state index contributed by atoms with van der Waals surface area (Å²) < 4.78 is 32.7. The van der Waals surface area contributed by atoms with Gasteiger partial charge < -0.3 is 14.4 Å². The monoisotopic (exact) mass is 431 g/mol. The van der Waals surface area contributed by atoms with E-state index in [1.54, 1.807) is 19.9 Å². The molecule has 0 bridgehead atoms. The van der Waals surface area contributed by atoms with Crippen LogP contribution in [0.1, 0.15) is 23.7 Å². The summed E-state index contributed by atoms with van der Waals surface area (Å²) in [6, 6.07) is 7.27. The third kappa shape index (κ3) is 4.03. The fourth-order valence-electron chi connectivity index (χ4n) is 3.90. The molecule has 160 valence electrons. The van der Waals surface area contributed by atoms with E-state index in [1.807, 2.05) is 18.2 Å². The van der Waals surface area contributed by atoms with Gasteiger partial charge in [-0.3, -0.25) is 4.79 Å². The molecule has 0 unspecified atom stereocenters. The SMILES string of the molecule is Cc1noc(C)c1S(=O)(=O)N1CCCN(CCc2nc3ccccc3c(=O)[nH]2)CC1. The maximum atomic E-state index is 13.0. The van der Waals surface area contributed by atoms with Crippen molar-refractivity contribution >= 4 is 20.9 Å². The molecule has 4 rings (SSSR count). The number of aromatic nitrogens is 3. The standard InChI is InChI=1S/C20H25N5O4S/c1-14-19(15(2)29-23-14)30(27,28)25-10-5-9-24(12-13-25)11-8-18-21-17-7-4-3-6-16(17)20(26)22-18/h3-4,6-7H,5,8-13H2,1-2H3,(H,21,22,26). The first-order valence-corrected chi connectivity index (χ1v) is 11.4. The lowest BCUT2D eigenvalue weighted by Gasteiger charge is -2.21. The molecule has 3 heterocycles. The van der Waals surface area contributed by atoms with Gasteiger partial charge in [0.2, 0.25) is 10.0 Å². The Morgan fingerprint density at radius 2 is 1.93 bits per heavy atom. The van der Waals surface area contributed by atoms with Gasteiger partial charge in [0.05, 0.1) is 10.9 Å². The number of sulfonamides is 1. The highest BCUT2D eigenvalue weighted by molar-refractivity contribution is 7.89. The lowest BCUT2D eigenvalue weighted by Crippen LogP contribution is -2.36. The van der Waals surface area contributed by atoms with Crippen molar-refractivity contribution in [3.8, 4) is 0 Å². The second kappa shape index (κ2) is 8.29. The number of nitrogens with one attached hydrogen (secondary N) is 1. The Labute approximate surface area is 174 Å². The Hall–Kier alpha value is -2.56. The number of nitrogens with zero attached hydrogens (tertiary/aromatic N) is 4. The Bertz CT molecular complexity index is 1200. The van der Waals surface area contributed by atoms with E-state index in [2.05, 4.69) is 20.0 Å². The molecular weight excluding hydrogens is 406 g/mol. The lowest BCUT2D eigenvalue weighted by molar-refractivity contribution is 0.288. The summed E-state index contributed by atoms with van der Waals surface area (Å²) in [6.45, 7) is 6.20. The molecule has 0 aliphatic carbocycles. The van der Waals surface area contributed by atoms with Crippen molar-refractivity contribution in [3.05, 3.63) is 51.9 Å². The maximum Gasteiger partial charge on any atom is 0.258 e. The zero-order chi connectivity index (χ0) is 21.3. The third-order valence-corrected chi connectivity index (χ3v) is 7.58. The molecular formula is C20H25N5O4S. The zero-order valence-electron chi connectivity index (χ0n) is 17.1. The minimum absolute atomic E-state index is 0.136. The number of benzene rings is 1. The van der Waals surface area contributed by atoms with E-state index in [4.69, 9.17) is 4.52 Å². The van der Waals surface area contributed by atoms with Crippen LogP contribution in [0.4, 0.5) is 0 Å².